The molecule has 5 heteroatoms. The topological polar surface area (TPSA) is 49.4 Å². The first kappa shape index (κ1) is 26.1. The van der Waals surface area contributed by atoms with Gasteiger partial charge in [0.15, 0.2) is 0 Å². The molecule has 3 rings (SSSR count). The van der Waals surface area contributed by atoms with E-state index in [9.17, 15) is 14.0 Å². The van der Waals surface area contributed by atoms with Crippen LogP contribution in [-0.2, 0) is 29.0 Å². The monoisotopic (exact) mass is 474 g/mol. The number of nitrogens with zero attached hydrogens (tertiary/aromatic N) is 1. The Balaban J connectivity index is 1.91. The molecule has 184 valence electrons. The first-order valence-corrected chi connectivity index (χ1v) is 12.1. The number of aryl methyl sites for hydroxylation is 2. The summed E-state index contributed by atoms with van der Waals surface area (Å²) in [6.07, 6.45) is 1.25. The van der Waals surface area contributed by atoms with Crippen molar-refractivity contribution in [3.63, 3.8) is 0 Å². The first-order valence-electron chi connectivity index (χ1n) is 12.1. The molecule has 0 aliphatic rings. The van der Waals surface area contributed by atoms with Crippen LogP contribution in [0, 0.1) is 12.7 Å². The highest BCUT2D eigenvalue weighted by atomic mass is 19.1. The quantitative estimate of drug-likeness (QED) is 0.438. The lowest BCUT2D eigenvalue weighted by molar-refractivity contribution is -0.141. The molecule has 3 aromatic carbocycles. The van der Waals surface area contributed by atoms with Gasteiger partial charge >= 0.3 is 0 Å². The van der Waals surface area contributed by atoms with Crippen molar-refractivity contribution >= 4 is 11.8 Å². The molecule has 1 atom stereocenters. The van der Waals surface area contributed by atoms with Crippen LogP contribution in [0.3, 0.4) is 0 Å². The van der Waals surface area contributed by atoms with Gasteiger partial charge in [-0.3, -0.25) is 9.59 Å². The fraction of sp³-hybridized carbons (Fsp3) is 0.333. The summed E-state index contributed by atoms with van der Waals surface area (Å²) < 4.78 is 13.5. The van der Waals surface area contributed by atoms with Crippen LogP contribution in [0.4, 0.5) is 4.39 Å². The van der Waals surface area contributed by atoms with E-state index in [0.717, 1.165) is 16.7 Å². The Morgan fingerprint density at radius 1 is 0.857 bits per heavy atom. The zero-order chi connectivity index (χ0) is 25.4. The van der Waals surface area contributed by atoms with Crippen molar-refractivity contribution in [1.29, 1.82) is 0 Å². The van der Waals surface area contributed by atoms with Crippen molar-refractivity contribution in [2.24, 2.45) is 0 Å². The molecule has 0 aromatic heterocycles. The number of rotatable bonds is 9. The summed E-state index contributed by atoms with van der Waals surface area (Å²) in [5.74, 6) is -0.649. The van der Waals surface area contributed by atoms with Crippen LogP contribution in [0.15, 0.2) is 78.9 Å². The van der Waals surface area contributed by atoms with Crippen LogP contribution < -0.4 is 5.32 Å². The Bertz CT molecular complexity index is 1100. The lowest BCUT2D eigenvalue weighted by Gasteiger charge is -2.34. The number of hydrogen-bond acceptors (Lipinski definition) is 2. The van der Waals surface area contributed by atoms with Crippen LogP contribution in [0.2, 0.25) is 0 Å². The van der Waals surface area contributed by atoms with Gasteiger partial charge in [-0.2, -0.15) is 0 Å². The minimum absolute atomic E-state index is 0.111. The highest BCUT2D eigenvalue weighted by Gasteiger charge is 2.32. The number of carbonyl (C=O) groups excluding carboxylic acids is 2. The normalized spacial score (nSPS) is 12.1. The van der Waals surface area contributed by atoms with Gasteiger partial charge < -0.3 is 10.2 Å². The molecular formula is C30H35FN2O2. The van der Waals surface area contributed by atoms with Crippen molar-refractivity contribution in [3.05, 3.63) is 107 Å². The summed E-state index contributed by atoms with van der Waals surface area (Å²) >= 11 is 0. The summed E-state index contributed by atoms with van der Waals surface area (Å²) in [5.41, 5.74) is 3.54. The van der Waals surface area contributed by atoms with Crippen molar-refractivity contribution in [3.8, 4) is 0 Å². The molecule has 35 heavy (non-hydrogen) atoms. The van der Waals surface area contributed by atoms with Gasteiger partial charge in [0.25, 0.3) is 0 Å². The number of amides is 2. The molecule has 0 spiro atoms. The van der Waals surface area contributed by atoms with Crippen molar-refractivity contribution in [1.82, 2.24) is 10.2 Å². The van der Waals surface area contributed by atoms with E-state index in [1.54, 1.807) is 17.0 Å². The SMILES string of the molecule is Cc1ccc(CCC(=O)N(Cc2ccc(F)cc2)C(Cc2ccccc2)C(=O)NC(C)(C)C)cc1. The van der Waals surface area contributed by atoms with E-state index in [1.807, 2.05) is 82.3 Å². The number of halogens is 1. The van der Waals surface area contributed by atoms with Crippen LogP contribution in [-0.4, -0.2) is 28.3 Å². The Morgan fingerprint density at radius 2 is 1.46 bits per heavy atom. The smallest absolute Gasteiger partial charge is 0.243 e. The second kappa shape index (κ2) is 11.8. The van der Waals surface area contributed by atoms with E-state index in [2.05, 4.69) is 5.32 Å². The summed E-state index contributed by atoms with van der Waals surface area (Å²) in [4.78, 5) is 28.8. The van der Waals surface area contributed by atoms with Gasteiger partial charge in [0.1, 0.15) is 11.9 Å². The average molecular weight is 475 g/mol. The standard InChI is InChI=1S/C30H35FN2O2/c1-22-10-12-23(13-11-22)16-19-28(34)33(21-25-14-17-26(31)18-15-25)27(29(35)32-30(2,3)4)20-24-8-6-5-7-9-24/h5-15,17-18,27H,16,19-21H2,1-4H3,(H,32,35). The second-order valence-electron chi connectivity index (χ2n) is 10.1. The number of benzene rings is 3. The summed E-state index contributed by atoms with van der Waals surface area (Å²) in [5, 5.41) is 3.06. The summed E-state index contributed by atoms with van der Waals surface area (Å²) in [7, 11) is 0. The molecule has 0 radical (unpaired) electrons. The molecule has 0 bridgehead atoms. The predicted molar refractivity (Wildman–Crippen MR) is 138 cm³/mol. The van der Waals surface area contributed by atoms with E-state index in [1.165, 1.54) is 17.7 Å². The Hall–Kier alpha value is -3.47. The maximum atomic E-state index is 13.6. The average Bonchev–Trinajstić information content (AvgIpc) is 2.81. The Labute approximate surface area is 208 Å². The minimum Gasteiger partial charge on any atom is -0.350 e. The highest BCUT2D eigenvalue weighted by Crippen LogP contribution is 2.18. The second-order valence-corrected chi connectivity index (χ2v) is 10.1. The van der Waals surface area contributed by atoms with Crippen LogP contribution in [0.1, 0.15) is 49.4 Å². The Kier molecular flexibility index (Phi) is 8.80. The van der Waals surface area contributed by atoms with Crippen LogP contribution in [0.25, 0.3) is 0 Å². The third-order valence-corrected chi connectivity index (χ3v) is 5.78. The van der Waals surface area contributed by atoms with Gasteiger partial charge in [0.2, 0.25) is 11.8 Å². The Morgan fingerprint density at radius 3 is 2.06 bits per heavy atom. The highest BCUT2D eigenvalue weighted by molar-refractivity contribution is 5.88. The van der Waals surface area contributed by atoms with Gasteiger partial charge in [-0.15, -0.1) is 0 Å². The molecular weight excluding hydrogens is 439 g/mol. The van der Waals surface area contributed by atoms with Crippen molar-refractivity contribution in [2.75, 3.05) is 0 Å². The third-order valence-electron chi connectivity index (χ3n) is 5.78. The third kappa shape index (κ3) is 8.36. The predicted octanol–water partition coefficient (Wildman–Crippen LogP) is 5.62. The van der Waals surface area contributed by atoms with Gasteiger partial charge in [-0.05, 0) is 62.9 Å². The fourth-order valence-corrected chi connectivity index (χ4v) is 3.94. The van der Waals surface area contributed by atoms with Gasteiger partial charge in [-0.1, -0.05) is 72.3 Å². The molecule has 0 aliphatic heterocycles. The number of nitrogens with one attached hydrogen (secondary N) is 1. The van der Waals surface area contributed by atoms with Gasteiger partial charge in [-0.25, -0.2) is 4.39 Å². The molecule has 0 saturated carbocycles. The van der Waals surface area contributed by atoms with E-state index in [0.29, 0.717) is 12.8 Å². The van der Waals surface area contributed by atoms with E-state index in [-0.39, 0.29) is 30.6 Å². The van der Waals surface area contributed by atoms with Gasteiger partial charge in [0.05, 0.1) is 0 Å². The maximum absolute atomic E-state index is 13.6. The number of carbonyl (C=O) groups is 2. The lowest BCUT2D eigenvalue weighted by atomic mass is 9.99. The van der Waals surface area contributed by atoms with Gasteiger partial charge in [0, 0.05) is 24.9 Å². The maximum Gasteiger partial charge on any atom is 0.243 e. The van der Waals surface area contributed by atoms with Crippen LogP contribution in [0.5, 0.6) is 0 Å². The molecule has 0 fully saturated rings. The largest absolute Gasteiger partial charge is 0.350 e. The first-order chi connectivity index (χ1) is 16.6. The molecule has 0 heterocycles. The van der Waals surface area contributed by atoms with Crippen molar-refractivity contribution < 1.29 is 14.0 Å². The lowest BCUT2D eigenvalue weighted by Crippen LogP contribution is -2.54. The zero-order valence-electron chi connectivity index (χ0n) is 21.1. The molecule has 0 saturated heterocycles. The van der Waals surface area contributed by atoms with Crippen LogP contribution >= 0.6 is 0 Å². The molecule has 1 unspecified atom stereocenters. The number of hydrogen-bond donors (Lipinski definition) is 1. The molecule has 4 nitrogen and oxygen atoms in total. The van der Waals surface area contributed by atoms with E-state index >= 15 is 0 Å². The molecule has 2 amide bonds. The molecule has 0 aliphatic carbocycles. The van der Waals surface area contributed by atoms with E-state index < -0.39 is 11.6 Å². The van der Waals surface area contributed by atoms with E-state index in [4.69, 9.17) is 0 Å². The zero-order valence-corrected chi connectivity index (χ0v) is 21.1. The molecule has 1 N–H and O–H groups in total. The minimum atomic E-state index is -0.702. The van der Waals surface area contributed by atoms with Crippen molar-refractivity contribution in [2.45, 2.75) is 65.1 Å². The summed E-state index contributed by atoms with van der Waals surface area (Å²) in [6, 6.07) is 23.2. The summed E-state index contributed by atoms with van der Waals surface area (Å²) in [6.45, 7) is 8.03. The molecule has 3 aromatic rings. The fourth-order valence-electron chi connectivity index (χ4n) is 3.94.